The van der Waals surface area contributed by atoms with Crippen LogP contribution >= 0.6 is 0 Å². The summed E-state index contributed by atoms with van der Waals surface area (Å²) in [5.41, 5.74) is 1.23. The van der Waals surface area contributed by atoms with Crippen LogP contribution < -0.4 is 0 Å². The van der Waals surface area contributed by atoms with Gasteiger partial charge in [-0.15, -0.1) is 0 Å². The highest BCUT2D eigenvalue weighted by atomic mass is 16.5. The SMILES string of the molecule is CCC1CCC(O)CC1N(C)CCCOCc1ccccc1. The molecule has 1 saturated carbocycles. The molecule has 1 fully saturated rings. The number of aliphatic hydroxyl groups excluding tert-OH is 1. The van der Waals surface area contributed by atoms with Crippen molar-refractivity contribution in [3.63, 3.8) is 0 Å². The van der Waals surface area contributed by atoms with E-state index in [1.807, 2.05) is 18.2 Å². The molecule has 1 N–H and O–H groups in total. The Morgan fingerprint density at radius 2 is 2.00 bits per heavy atom. The van der Waals surface area contributed by atoms with Crippen molar-refractivity contribution < 1.29 is 9.84 Å². The normalized spacial score (nSPS) is 25.5. The second kappa shape index (κ2) is 9.29. The topological polar surface area (TPSA) is 32.7 Å². The fourth-order valence-corrected chi connectivity index (χ4v) is 3.55. The molecule has 3 atom stereocenters. The van der Waals surface area contributed by atoms with Gasteiger partial charge < -0.3 is 14.7 Å². The first-order valence-electron chi connectivity index (χ1n) is 8.70. The predicted molar refractivity (Wildman–Crippen MR) is 90.8 cm³/mol. The monoisotopic (exact) mass is 305 g/mol. The maximum Gasteiger partial charge on any atom is 0.0716 e. The third-order valence-corrected chi connectivity index (χ3v) is 4.93. The Hall–Kier alpha value is -0.900. The lowest BCUT2D eigenvalue weighted by Crippen LogP contribution is -2.44. The van der Waals surface area contributed by atoms with Crippen molar-refractivity contribution in [1.82, 2.24) is 4.90 Å². The summed E-state index contributed by atoms with van der Waals surface area (Å²) in [4.78, 5) is 2.43. The van der Waals surface area contributed by atoms with E-state index >= 15 is 0 Å². The van der Waals surface area contributed by atoms with Crippen molar-refractivity contribution in [1.29, 1.82) is 0 Å². The second-order valence-corrected chi connectivity index (χ2v) is 6.57. The highest BCUT2D eigenvalue weighted by Gasteiger charge is 2.30. The molecule has 0 aromatic heterocycles. The number of benzene rings is 1. The number of nitrogens with zero attached hydrogens (tertiary/aromatic N) is 1. The van der Waals surface area contributed by atoms with Crippen LogP contribution in [-0.2, 0) is 11.3 Å². The van der Waals surface area contributed by atoms with Gasteiger partial charge in [-0.3, -0.25) is 0 Å². The first kappa shape index (κ1) is 17.5. The van der Waals surface area contributed by atoms with E-state index in [2.05, 4.69) is 31.0 Å². The summed E-state index contributed by atoms with van der Waals surface area (Å²) in [5.74, 6) is 0.735. The molecule has 1 aromatic rings. The molecule has 0 heterocycles. The molecule has 0 aliphatic heterocycles. The minimum absolute atomic E-state index is 0.107. The fourth-order valence-electron chi connectivity index (χ4n) is 3.55. The summed E-state index contributed by atoms with van der Waals surface area (Å²) >= 11 is 0. The third-order valence-electron chi connectivity index (χ3n) is 4.93. The molecule has 0 amide bonds. The average molecular weight is 305 g/mol. The minimum atomic E-state index is -0.107. The second-order valence-electron chi connectivity index (χ2n) is 6.57. The number of hydrogen-bond acceptors (Lipinski definition) is 3. The molecule has 3 unspecified atom stereocenters. The Bertz CT molecular complexity index is 409. The number of hydrogen-bond donors (Lipinski definition) is 1. The minimum Gasteiger partial charge on any atom is -0.393 e. The molecule has 1 aliphatic rings. The summed E-state index contributed by atoms with van der Waals surface area (Å²) in [7, 11) is 2.20. The van der Waals surface area contributed by atoms with Crippen LogP contribution in [0, 0.1) is 5.92 Å². The summed E-state index contributed by atoms with van der Waals surface area (Å²) in [5, 5.41) is 9.93. The van der Waals surface area contributed by atoms with Crippen molar-refractivity contribution in [2.24, 2.45) is 5.92 Å². The molecule has 0 saturated heterocycles. The van der Waals surface area contributed by atoms with Crippen molar-refractivity contribution in [3.8, 4) is 0 Å². The maximum absolute atomic E-state index is 9.93. The summed E-state index contributed by atoms with van der Waals surface area (Å²) < 4.78 is 5.76. The largest absolute Gasteiger partial charge is 0.393 e. The Kier molecular flexibility index (Phi) is 7.37. The highest BCUT2D eigenvalue weighted by molar-refractivity contribution is 5.13. The van der Waals surface area contributed by atoms with E-state index in [9.17, 15) is 5.11 Å². The molecular formula is C19H31NO2. The molecule has 3 nitrogen and oxygen atoms in total. The lowest BCUT2D eigenvalue weighted by molar-refractivity contribution is 0.0310. The van der Waals surface area contributed by atoms with Gasteiger partial charge in [-0.1, -0.05) is 43.7 Å². The number of aliphatic hydroxyl groups is 1. The first-order chi connectivity index (χ1) is 10.7. The van der Waals surface area contributed by atoms with Crippen LogP contribution in [0.1, 0.15) is 44.6 Å². The van der Waals surface area contributed by atoms with Gasteiger partial charge in [0.1, 0.15) is 0 Å². The van der Waals surface area contributed by atoms with Gasteiger partial charge >= 0.3 is 0 Å². The van der Waals surface area contributed by atoms with E-state index in [1.165, 1.54) is 12.0 Å². The molecule has 1 aromatic carbocycles. The van der Waals surface area contributed by atoms with E-state index in [0.29, 0.717) is 12.6 Å². The lowest BCUT2D eigenvalue weighted by atomic mass is 9.80. The summed E-state index contributed by atoms with van der Waals surface area (Å²) in [6.45, 7) is 4.81. The number of rotatable bonds is 8. The first-order valence-corrected chi connectivity index (χ1v) is 8.70. The van der Waals surface area contributed by atoms with Gasteiger partial charge in [-0.05, 0) is 44.2 Å². The van der Waals surface area contributed by atoms with E-state index < -0.39 is 0 Å². The van der Waals surface area contributed by atoms with Gasteiger partial charge in [0.05, 0.1) is 12.7 Å². The zero-order chi connectivity index (χ0) is 15.8. The van der Waals surface area contributed by atoms with Crippen LogP contribution in [0.15, 0.2) is 30.3 Å². The van der Waals surface area contributed by atoms with E-state index in [-0.39, 0.29) is 6.10 Å². The van der Waals surface area contributed by atoms with Crippen molar-refractivity contribution in [2.45, 2.75) is 57.8 Å². The van der Waals surface area contributed by atoms with Gasteiger partial charge in [0.15, 0.2) is 0 Å². The van der Waals surface area contributed by atoms with Crippen LogP contribution in [0.25, 0.3) is 0 Å². The van der Waals surface area contributed by atoms with Gasteiger partial charge in [0.25, 0.3) is 0 Å². The van der Waals surface area contributed by atoms with Gasteiger partial charge in [-0.2, -0.15) is 0 Å². The standard InChI is InChI=1S/C19H31NO2/c1-3-17-10-11-18(21)14-19(17)20(2)12-7-13-22-15-16-8-5-4-6-9-16/h4-6,8-9,17-19,21H,3,7,10-15H2,1-2H3. The van der Waals surface area contributed by atoms with Crippen LogP contribution in [0.5, 0.6) is 0 Å². The van der Waals surface area contributed by atoms with Crippen molar-refractivity contribution in [2.75, 3.05) is 20.2 Å². The van der Waals surface area contributed by atoms with Crippen molar-refractivity contribution in [3.05, 3.63) is 35.9 Å². The Morgan fingerprint density at radius 1 is 1.23 bits per heavy atom. The van der Waals surface area contributed by atoms with E-state index in [4.69, 9.17) is 4.74 Å². The average Bonchev–Trinajstić information content (AvgIpc) is 2.55. The number of ether oxygens (including phenoxy) is 1. The van der Waals surface area contributed by atoms with Crippen LogP contribution in [0.3, 0.4) is 0 Å². The van der Waals surface area contributed by atoms with E-state index in [0.717, 1.165) is 44.8 Å². The molecular weight excluding hydrogens is 274 g/mol. The predicted octanol–water partition coefficient (Wildman–Crippen LogP) is 3.46. The zero-order valence-corrected chi connectivity index (χ0v) is 14.1. The smallest absolute Gasteiger partial charge is 0.0716 e. The maximum atomic E-state index is 9.93. The van der Waals surface area contributed by atoms with Crippen molar-refractivity contribution >= 4 is 0 Å². The van der Waals surface area contributed by atoms with Crippen LogP contribution in [0.4, 0.5) is 0 Å². The molecule has 0 bridgehead atoms. The van der Waals surface area contributed by atoms with Crippen LogP contribution in [0.2, 0.25) is 0 Å². The lowest BCUT2D eigenvalue weighted by Gasteiger charge is -2.39. The fraction of sp³-hybridized carbons (Fsp3) is 0.684. The molecule has 0 spiro atoms. The van der Waals surface area contributed by atoms with Gasteiger partial charge in [0.2, 0.25) is 0 Å². The molecule has 22 heavy (non-hydrogen) atoms. The molecule has 124 valence electrons. The summed E-state index contributed by atoms with van der Waals surface area (Å²) in [6, 6.07) is 10.9. The highest BCUT2D eigenvalue weighted by Crippen LogP contribution is 2.30. The van der Waals surface area contributed by atoms with Gasteiger partial charge in [0, 0.05) is 19.2 Å². The molecule has 0 radical (unpaired) electrons. The van der Waals surface area contributed by atoms with Gasteiger partial charge in [-0.25, -0.2) is 0 Å². The molecule has 3 heteroatoms. The Morgan fingerprint density at radius 3 is 2.73 bits per heavy atom. The quantitative estimate of drug-likeness (QED) is 0.747. The van der Waals surface area contributed by atoms with Crippen LogP contribution in [-0.4, -0.2) is 42.4 Å². The zero-order valence-electron chi connectivity index (χ0n) is 14.1. The molecule has 2 rings (SSSR count). The third kappa shape index (κ3) is 5.38. The summed E-state index contributed by atoms with van der Waals surface area (Å²) in [6.07, 6.45) is 5.23. The Labute approximate surface area is 135 Å². The molecule has 1 aliphatic carbocycles. The Balaban J connectivity index is 1.65. The van der Waals surface area contributed by atoms with E-state index in [1.54, 1.807) is 0 Å².